The Morgan fingerprint density at radius 2 is 1.86 bits per heavy atom. The Labute approximate surface area is 165 Å². The fourth-order valence-electron chi connectivity index (χ4n) is 2.18. The van der Waals surface area contributed by atoms with Crippen LogP contribution in [-0.2, 0) is 29.8 Å². The third kappa shape index (κ3) is 4.53. The lowest BCUT2D eigenvalue weighted by atomic mass is 9.99. The van der Waals surface area contributed by atoms with Crippen molar-refractivity contribution in [3.8, 4) is 0 Å². The van der Waals surface area contributed by atoms with E-state index in [1.54, 1.807) is 0 Å². The van der Waals surface area contributed by atoms with Gasteiger partial charge in [0.1, 0.15) is 4.90 Å². The van der Waals surface area contributed by atoms with E-state index in [9.17, 15) is 31.0 Å². The van der Waals surface area contributed by atoms with Crippen molar-refractivity contribution in [3.05, 3.63) is 29.3 Å². The Hall–Kier alpha value is -2.39. The number of hydrogen-bond donors (Lipinski definition) is 4. The van der Waals surface area contributed by atoms with Gasteiger partial charge >= 0.3 is 0 Å². The molecule has 0 amide bonds. The number of nitrogens with one attached hydrogen (secondary N) is 1. The number of benzene rings is 1. The number of hydrogen-bond acceptors (Lipinski definition) is 9. The van der Waals surface area contributed by atoms with Crippen LogP contribution in [0, 0.1) is 0 Å². The predicted molar refractivity (Wildman–Crippen MR) is 102 cm³/mol. The molecule has 0 spiro atoms. The first-order valence-corrected chi connectivity index (χ1v) is 10.7. The summed E-state index contributed by atoms with van der Waals surface area (Å²) in [5.41, 5.74) is 1.78. The summed E-state index contributed by atoms with van der Waals surface area (Å²) in [6.45, 7) is 1.35. The van der Waals surface area contributed by atoms with Crippen LogP contribution >= 0.6 is 12.6 Å². The number of dihydropyridines is 1. The summed E-state index contributed by atoms with van der Waals surface area (Å²) in [4.78, 5) is 25.4. The normalized spacial score (nSPS) is 16.9. The summed E-state index contributed by atoms with van der Waals surface area (Å²) in [7, 11) is -9.63. The molecule has 0 unspecified atom stereocenters. The number of allylic oxidation sites excluding steroid dienone is 1. The van der Waals surface area contributed by atoms with E-state index in [1.807, 2.05) is 0 Å². The second kappa shape index (κ2) is 7.92. The highest BCUT2D eigenvalue weighted by Crippen LogP contribution is 2.25. The molecule has 1 aromatic rings. The molecule has 2 rings (SSSR count). The van der Waals surface area contributed by atoms with Gasteiger partial charge in [-0.3, -0.25) is 24.1 Å². The molecule has 0 radical (unpaired) electrons. The van der Waals surface area contributed by atoms with Crippen molar-refractivity contribution < 1.29 is 35.5 Å². The standard InChI is InChI=1S/C14H13N3O8S3/c1-7-13(19)9(5-18)10(6-26)14(15-7)17-16-11-3-2-8(27(20,21)22)4-12(11)28(23,24)25/h2-5,16,26H,6H2,1H3,(H,20,21,22)(H,23,24,25)/b17-14-. The van der Waals surface area contributed by atoms with Gasteiger partial charge < -0.3 is 0 Å². The molecule has 28 heavy (non-hydrogen) atoms. The van der Waals surface area contributed by atoms with Gasteiger partial charge in [0.05, 0.1) is 21.9 Å². The van der Waals surface area contributed by atoms with Gasteiger partial charge in [-0.2, -0.15) is 34.6 Å². The molecule has 1 aliphatic heterocycles. The Morgan fingerprint density at radius 1 is 1.21 bits per heavy atom. The molecule has 0 bridgehead atoms. The van der Waals surface area contributed by atoms with Crippen LogP contribution in [0.2, 0.25) is 0 Å². The molecule has 0 saturated carbocycles. The van der Waals surface area contributed by atoms with E-state index in [4.69, 9.17) is 4.55 Å². The molecule has 1 aromatic carbocycles. The fraction of sp³-hybridized carbons (Fsp3) is 0.143. The van der Waals surface area contributed by atoms with Crippen molar-refractivity contribution in [3.63, 3.8) is 0 Å². The maximum absolute atomic E-state index is 11.9. The van der Waals surface area contributed by atoms with Crippen molar-refractivity contribution in [1.29, 1.82) is 0 Å². The van der Waals surface area contributed by atoms with Crippen LogP contribution in [0.5, 0.6) is 0 Å². The second-order valence-electron chi connectivity index (χ2n) is 5.35. The highest BCUT2D eigenvalue weighted by Gasteiger charge is 2.26. The predicted octanol–water partition coefficient (Wildman–Crippen LogP) is 0.374. The third-order valence-corrected chi connectivity index (χ3v) is 5.59. The molecule has 1 heterocycles. The Morgan fingerprint density at radius 3 is 2.36 bits per heavy atom. The number of hydrazone groups is 1. The number of ketones is 1. The van der Waals surface area contributed by atoms with E-state index in [1.165, 1.54) is 6.92 Å². The average Bonchev–Trinajstić information content (AvgIpc) is 2.60. The van der Waals surface area contributed by atoms with Gasteiger partial charge in [0, 0.05) is 11.3 Å². The lowest BCUT2D eigenvalue weighted by Gasteiger charge is -2.15. The zero-order valence-corrected chi connectivity index (χ0v) is 16.5. The smallest absolute Gasteiger partial charge is 0.296 e. The first-order valence-electron chi connectivity index (χ1n) is 7.22. The van der Waals surface area contributed by atoms with Gasteiger partial charge in [0.2, 0.25) is 5.78 Å². The van der Waals surface area contributed by atoms with Crippen molar-refractivity contribution in [2.75, 3.05) is 11.2 Å². The molecule has 0 fully saturated rings. The van der Waals surface area contributed by atoms with Gasteiger partial charge in [-0.15, -0.1) is 0 Å². The number of nitrogens with zero attached hydrogens (tertiary/aromatic N) is 2. The van der Waals surface area contributed by atoms with Crippen LogP contribution in [0.3, 0.4) is 0 Å². The molecule has 0 aromatic heterocycles. The van der Waals surface area contributed by atoms with E-state index in [2.05, 4.69) is 28.1 Å². The van der Waals surface area contributed by atoms with Crippen LogP contribution in [0.4, 0.5) is 5.69 Å². The monoisotopic (exact) mass is 447 g/mol. The van der Waals surface area contributed by atoms with Crippen molar-refractivity contribution >= 4 is 62.2 Å². The Bertz CT molecular complexity index is 1160. The lowest BCUT2D eigenvalue weighted by Crippen LogP contribution is -2.26. The summed E-state index contributed by atoms with van der Waals surface area (Å²) in [5.74, 6) is -0.812. The zero-order valence-electron chi connectivity index (χ0n) is 14.0. The highest BCUT2D eigenvalue weighted by molar-refractivity contribution is 7.86. The van der Waals surface area contributed by atoms with E-state index >= 15 is 0 Å². The van der Waals surface area contributed by atoms with E-state index < -0.39 is 35.8 Å². The van der Waals surface area contributed by atoms with Gasteiger partial charge in [0.25, 0.3) is 20.2 Å². The Balaban J connectivity index is 2.58. The van der Waals surface area contributed by atoms with Gasteiger partial charge in [-0.05, 0) is 25.1 Å². The fourth-order valence-corrected chi connectivity index (χ4v) is 3.75. The lowest BCUT2D eigenvalue weighted by molar-refractivity contribution is -0.113. The summed E-state index contributed by atoms with van der Waals surface area (Å²) in [6, 6.07) is 2.33. The summed E-state index contributed by atoms with van der Waals surface area (Å²) >= 11 is 4.02. The van der Waals surface area contributed by atoms with Crippen LogP contribution in [0.15, 0.2) is 49.2 Å². The van der Waals surface area contributed by atoms with Crippen LogP contribution in [0.1, 0.15) is 6.92 Å². The molecule has 1 aliphatic rings. The van der Waals surface area contributed by atoms with Crippen LogP contribution in [-0.4, -0.2) is 55.3 Å². The van der Waals surface area contributed by atoms with Crippen molar-refractivity contribution in [2.24, 2.45) is 10.1 Å². The largest absolute Gasteiger partial charge is 0.298 e. The molecule has 0 atom stereocenters. The van der Waals surface area contributed by atoms with Crippen LogP contribution < -0.4 is 5.43 Å². The summed E-state index contributed by atoms with van der Waals surface area (Å²) < 4.78 is 63.8. The topological polar surface area (TPSA) is 180 Å². The van der Waals surface area contributed by atoms with Crippen LogP contribution in [0.25, 0.3) is 0 Å². The maximum Gasteiger partial charge on any atom is 0.296 e. The molecule has 11 nitrogen and oxygen atoms in total. The molecule has 14 heteroatoms. The SMILES string of the molecule is CC1=N/C(=N\Nc2ccc(S(=O)(=O)O)cc2S(=O)(=O)O)C(CS)=C(C=O)C1=O. The molecule has 150 valence electrons. The van der Waals surface area contributed by atoms with Crippen molar-refractivity contribution in [2.45, 2.75) is 16.7 Å². The number of amidine groups is 1. The molecule has 3 N–H and O–H groups in total. The molecule has 0 aliphatic carbocycles. The quantitative estimate of drug-likeness (QED) is 0.158. The van der Waals surface area contributed by atoms with E-state index in [-0.39, 0.29) is 34.1 Å². The molecule has 0 saturated heterocycles. The summed E-state index contributed by atoms with van der Waals surface area (Å²) in [6.07, 6.45) is 0.325. The highest BCUT2D eigenvalue weighted by atomic mass is 32.2. The first kappa shape index (κ1) is 21.9. The number of carbonyl (C=O) groups excluding carboxylic acids is 2. The minimum atomic E-state index is -4.90. The average molecular weight is 447 g/mol. The Kier molecular flexibility index (Phi) is 6.20. The zero-order chi connectivity index (χ0) is 21.3. The van der Waals surface area contributed by atoms with E-state index in [0.717, 1.165) is 12.1 Å². The number of aldehydes is 1. The minimum Gasteiger partial charge on any atom is -0.298 e. The minimum absolute atomic E-state index is 0.0371. The molecular formula is C14H13N3O8S3. The number of Topliss-reactive ketones (excluding diaryl/α,β-unsaturated/α-hetero) is 1. The first-order chi connectivity index (χ1) is 12.9. The third-order valence-electron chi connectivity index (χ3n) is 3.53. The molecular weight excluding hydrogens is 434 g/mol. The van der Waals surface area contributed by atoms with Gasteiger partial charge in [-0.25, -0.2) is 4.99 Å². The summed E-state index contributed by atoms with van der Waals surface area (Å²) in [5, 5.41) is 3.83. The number of anilines is 1. The van der Waals surface area contributed by atoms with Gasteiger partial charge in [0.15, 0.2) is 12.1 Å². The number of carbonyl (C=O) groups is 2. The van der Waals surface area contributed by atoms with E-state index in [0.29, 0.717) is 12.4 Å². The maximum atomic E-state index is 11.9. The number of rotatable bonds is 6. The van der Waals surface area contributed by atoms with Crippen molar-refractivity contribution in [1.82, 2.24) is 0 Å². The van der Waals surface area contributed by atoms with Gasteiger partial charge in [-0.1, -0.05) is 0 Å². The number of thiol groups is 1. The number of aliphatic imine (C=N–C) groups is 1. The second-order valence-corrected chi connectivity index (χ2v) is 8.48.